The lowest BCUT2D eigenvalue weighted by Gasteiger charge is -2.13. The first kappa shape index (κ1) is 17.5. The molecule has 21 heavy (non-hydrogen) atoms. The van der Waals surface area contributed by atoms with E-state index in [9.17, 15) is 14.0 Å². The molecule has 1 atom stereocenters. The molecule has 0 saturated carbocycles. The molecule has 1 rings (SSSR count). The van der Waals surface area contributed by atoms with Gasteiger partial charge in [-0.25, -0.2) is 4.39 Å². The summed E-state index contributed by atoms with van der Waals surface area (Å²) in [4.78, 5) is 22.3. The summed E-state index contributed by atoms with van der Waals surface area (Å²) in [6, 6.07) is 6.18. The third-order valence-corrected chi connectivity index (χ3v) is 4.05. The lowest BCUT2D eigenvalue weighted by Crippen LogP contribution is -2.31. The smallest absolute Gasteiger partial charge is 0.303 e. The summed E-state index contributed by atoms with van der Waals surface area (Å²) in [5, 5.41) is 11.5. The standard InChI is InChI=1S/C15H20FNO3S/c1-2-11(7-15(19)20)8-17-14(18)10-21-9-12-3-5-13(16)6-4-12/h3-6,11H,2,7-10H2,1H3,(H,17,18)(H,19,20). The van der Waals surface area contributed by atoms with Gasteiger partial charge < -0.3 is 10.4 Å². The van der Waals surface area contributed by atoms with Crippen LogP contribution in [0.1, 0.15) is 25.3 Å². The summed E-state index contributed by atoms with van der Waals surface area (Å²) in [6.07, 6.45) is 0.787. The highest BCUT2D eigenvalue weighted by molar-refractivity contribution is 7.99. The zero-order valence-electron chi connectivity index (χ0n) is 12.0. The van der Waals surface area contributed by atoms with Crippen molar-refractivity contribution in [2.45, 2.75) is 25.5 Å². The van der Waals surface area contributed by atoms with E-state index >= 15 is 0 Å². The molecule has 1 aromatic carbocycles. The molecule has 0 aliphatic heterocycles. The van der Waals surface area contributed by atoms with Gasteiger partial charge in [-0.15, -0.1) is 11.8 Å². The molecule has 1 unspecified atom stereocenters. The van der Waals surface area contributed by atoms with Gasteiger partial charge in [0.15, 0.2) is 0 Å². The number of rotatable bonds is 9. The molecule has 2 N–H and O–H groups in total. The van der Waals surface area contributed by atoms with Crippen LogP contribution in [0, 0.1) is 11.7 Å². The monoisotopic (exact) mass is 313 g/mol. The zero-order valence-corrected chi connectivity index (χ0v) is 12.8. The number of nitrogens with one attached hydrogen (secondary N) is 1. The number of aliphatic carboxylic acids is 1. The van der Waals surface area contributed by atoms with Gasteiger partial charge in [0.2, 0.25) is 5.91 Å². The van der Waals surface area contributed by atoms with Crippen LogP contribution in [0.4, 0.5) is 4.39 Å². The van der Waals surface area contributed by atoms with Crippen LogP contribution in [-0.2, 0) is 15.3 Å². The number of halogens is 1. The third kappa shape index (κ3) is 7.70. The van der Waals surface area contributed by atoms with Crippen LogP contribution in [0.2, 0.25) is 0 Å². The molecule has 0 heterocycles. The molecule has 1 amide bonds. The summed E-state index contributed by atoms with van der Waals surface area (Å²) in [5.41, 5.74) is 0.964. The molecule has 0 aromatic heterocycles. The Morgan fingerprint density at radius 2 is 2.00 bits per heavy atom. The maximum atomic E-state index is 12.7. The van der Waals surface area contributed by atoms with Crippen LogP contribution < -0.4 is 5.32 Å². The summed E-state index contributed by atoms with van der Waals surface area (Å²) in [6.45, 7) is 2.29. The minimum atomic E-state index is -0.846. The molecule has 0 aliphatic carbocycles. The number of carboxylic acid groups (broad SMARTS) is 1. The molecule has 0 saturated heterocycles. The molecular weight excluding hydrogens is 293 g/mol. The van der Waals surface area contributed by atoms with Gasteiger partial charge in [0.1, 0.15) is 5.82 Å². The van der Waals surface area contributed by atoms with Crippen molar-refractivity contribution in [3.8, 4) is 0 Å². The van der Waals surface area contributed by atoms with Gasteiger partial charge >= 0.3 is 5.97 Å². The molecule has 6 heteroatoms. The largest absolute Gasteiger partial charge is 0.481 e. The number of amides is 1. The van der Waals surface area contributed by atoms with Crippen LogP contribution in [0.3, 0.4) is 0 Å². The quantitative estimate of drug-likeness (QED) is 0.735. The molecular formula is C15H20FNO3S. The Labute approximate surface area is 128 Å². The summed E-state index contributed by atoms with van der Waals surface area (Å²) >= 11 is 1.44. The van der Waals surface area contributed by atoms with Crippen molar-refractivity contribution in [3.05, 3.63) is 35.6 Å². The Hall–Kier alpha value is -1.56. The van der Waals surface area contributed by atoms with Crippen molar-refractivity contribution in [3.63, 3.8) is 0 Å². The second kappa shape index (κ2) is 9.39. The normalized spacial score (nSPS) is 11.9. The van der Waals surface area contributed by atoms with Crippen LogP contribution in [0.25, 0.3) is 0 Å². The van der Waals surface area contributed by atoms with Crippen LogP contribution in [0.15, 0.2) is 24.3 Å². The Morgan fingerprint density at radius 3 is 2.57 bits per heavy atom. The Kier molecular flexibility index (Phi) is 7.82. The maximum absolute atomic E-state index is 12.7. The van der Waals surface area contributed by atoms with E-state index in [2.05, 4.69) is 5.32 Å². The fourth-order valence-electron chi connectivity index (χ4n) is 1.76. The summed E-state index contributed by atoms with van der Waals surface area (Å²) in [5.74, 6) is -0.312. The van der Waals surface area contributed by atoms with E-state index in [1.165, 1.54) is 23.9 Å². The first-order chi connectivity index (χ1) is 10.0. The van der Waals surface area contributed by atoms with Gasteiger partial charge in [-0.05, 0) is 23.6 Å². The Morgan fingerprint density at radius 1 is 1.33 bits per heavy atom. The molecule has 1 aromatic rings. The Balaban J connectivity index is 2.21. The number of hydrogen-bond acceptors (Lipinski definition) is 3. The highest BCUT2D eigenvalue weighted by atomic mass is 32.2. The van der Waals surface area contributed by atoms with E-state index in [0.29, 0.717) is 18.1 Å². The highest BCUT2D eigenvalue weighted by Crippen LogP contribution is 2.12. The third-order valence-electron chi connectivity index (χ3n) is 3.04. The topological polar surface area (TPSA) is 66.4 Å². The van der Waals surface area contributed by atoms with Crippen molar-refractivity contribution in [2.75, 3.05) is 12.3 Å². The van der Waals surface area contributed by atoms with E-state index in [1.807, 2.05) is 6.92 Å². The second-order valence-electron chi connectivity index (χ2n) is 4.80. The van der Waals surface area contributed by atoms with Gasteiger partial charge in [0.25, 0.3) is 0 Å². The van der Waals surface area contributed by atoms with E-state index in [0.717, 1.165) is 12.0 Å². The summed E-state index contributed by atoms with van der Waals surface area (Å²) < 4.78 is 12.7. The molecule has 0 bridgehead atoms. The van der Waals surface area contributed by atoms with E-state index in [4.69, 9.17) is 5.11 Å². The molecule has 0 aliphatic rings. The Bertz CT molecular complexity index is 464. The molecule has 116 valence electrons. The predicted octanol–water partition coefficient (Wildman–Crippen LogP) is 2.68. The lowest BCUT2D eigenvalue weighted by atomic mass is 10.0. The van der Waals surface area contributed by atoms with Crippen molar-refractivity contribution >= 4 is 23.6 Å². The minimum Gasteiger partial charge on any atom is -0.481 e. The fraction of sp³-hybridized carbons (Fsp3) is 0.467. The maximum Gasteiger partial charge on any atom is 0.303 e. The first-order valence-corrected chi connectivity index (χ1v) is 7.97. The van der Waals surface area contributed by atoms with E-state index < -0.39 is 5.97 Å². The van der Waals surface area contributed by atoms with Crippen LogP contribution in [-0.4, -0.2) is 29.3 Å². The number of benzene rings is 1. The van der Waals surface area contributed by atoms with Gasteiger partial charge in [0.05, 0.1) is 5.75 Å². The van der Waals surface area contributed by atoms with Gasteiger partial charge in [-0.1, -0.05) is 25.5 Å². The summed E-state index contributed by atoms with van der Waals surface area (Å²) in [7, 11) is 0. The average molecular weight is 313 g/mol. The van der Waals surface area contributed by atoms with Crippen molar-refractivity contribution in [2.24, 2.45) is 5.92 Å². The van der Waals surface area contributed by atoms with Gasteiger partial charge in [-0.2, -0.15) is 0 Å². The molecule has 0 radical (unpaired) electrons. The van der Waals surface area contributed by atoms with Gasteiger partial charge in [-0.3, -0.25) is 9.59 Å². The van der Waals surface area contributed by atoms with E-state index in [-0.39, 0.29) is 24.1 Å². The van der Waals surface area contributed by atoms with Crippen molar-refractivity contribution in [1.29, 1.82) is 0 Å². The number of thioether (sulfide) groups is 1. The van der Waals surface area contributed by atoms with E-state index in [1.54, 1.807) is 12.1 Å². The number of hydrogen-bond donors (Lipinski definition) is 2. The second-order valence-corrected chi connectivity index (χ2v) is 5.78. The lowest BCUT2D eigenvalue weighted by molar-refractivity contribution is -0.138. The average Bonchev–Trinajstić information content (AvgIpc) is 2.45. The fourth-order valence-corrected chi connectivity index (χ4v) is 2.58. The van der Waals surface area contributed by atoms with Crippen molar-refractivity contribution in [1.82, 2.24) is 5.32 Å². The molecule has 0 fully saturated rings. The number of carbonyl (C=O) groups is 2. The molecule has 4 nitrogen and oxygen atoms in total. The van der Waals surface area contributed by atoms with Crippen LogP contribution in [0.5, 0.6) is 0 Å². The number of carbonyl (C=O) groups excluding carboxylic acids is 1. The SMILES string of the molecule is CCC(CNC(=O)CSCc1ccc(F)cc1)CC(=O)O. The van der Waals surface area contributed by atoms with Crippen molar-refractivity contribution < 1.29 is 19.1 Å². The predicted molar refractivity (Wildman–Crippen MR) is 81.6 cm³/mol. The number of carboxylic acids is 1. The highest BCUT2D eigenvalue weighted by Gasteiger charge is 2.12. The van der Waals surface area contributed by atoms with Crippen LogP contribution >= 0.6 is 11.8 Å². The molecule has 0 spiro atoms. The zero-order chi connectivity index (χ0) is 15.7. The minimum absolute atomic E-state index is 0.0338. The van der Waals surface area contributed by atoms with Gasteiger partial charge in [0, 0.05) is 18.7 Å². The first-order valence-electron chi connectivity index (χ1n) is 6.82.